The highest BCUT2D eigenvalue weighted by molar-refractivity contribution is 4.98. The van der Waals surface area contributed by atoms with Crippen molar-refractivity contribution in [1.29, 1.82) is 0 Å². The second-order valence-electron chi connectivity index (χ2n) is 6.52. The molecule has 0 aromatic carbocycles. The van der Waals surface area contributed by atoms with Gasteiger partial charge in [0.15, 0.2) is 0 Å². The number of hydrogen-bond donors (Lipinski definition) is 1. The Hall–Kier alpha value is -0.0800. The molecular weight excluding hydrogens is 208 g/mol. The summed E-state index contributed by atoms with van der Waals surface area (Å²) in [6, 6.07) is 1.75. The zero-order valence-electron chi connectivity index (χ0n) is 11.3. The van der Waals surface area contributed by atoms with Crippen LogP contribution in [0.5, 0.6) is 0 Å². The molecule has 98 valence electrons. The van der Waals surface area contributed by atoms with Crippen molar-refractivity contribution in [2.24, 2.45) is 11.8 Å². The van der Waals surface area contributed by atoms with Crippen LogP contribution in [0.2, 0.25) is 0 Å². The van der Waals surface area contributed by atoms with E-state index in [0.29, 0.717) is 0 Å². The summed E-state index contributed by atoms with van der Waals surface area (Å²) in [4.78, 5) is 2.88. The highest BCUT2D eigenvalue weighted by Crippen LogP contribution is 2.36. The van der Waals surface area contributed by atoms with Crippen molar-refractivity contribution in [3.63, 3.8) is 0 Å². The fourth-order valence-electron chi connectivity index (χ4n) is 4.45. The fourth-order valence-corrected chi connectivity index (χ4v) is 4.45. The molecular formula is C15H28N2. The smallest absolute Gasteiger partial charge is 0.0114 e. The third kappa shape index (κ3) is 2.39. The Balaban J connectivity index is 1.63. The van der Waals surface area contributed by atoms with Crippen LogP contribution in [0.1, 0.15) is 51.9 Å². The monoisotopic (exact) mass is 236 g/mol. The van der Waals surface area contributed by atoms with Gasteiger partial charge in [-0.1, -0.05) is 32.1 Å². The van der Waals surface area contributed by atoms with Gasteiger partial charge >= 0.3 is 0 Å². The summed E-state index contributed by atoms with van der Waals surface area (Å²) in [7, 11) is 0. The van der Waals surface area contributed by atoms with Crippen molar-refractivity contribution in [2.45, 2.75) is 64.0 Å². The van der Waals surface area contributed by atoms with Gasteiger partial charge in [-0.2, -0.15) is 0 Å². The van der Waals surface area contributed by atoms with Crippen LogP contribution < -0.4 is 5.32 Å². The van der Waals surface area contributed by atoms with Gasteiger partial charge in [0.1, 0.15) is 0 Å². The maximum absolute atomic E-state index is 3.57. The van der Waals surface area contributed by atoms with Gasteiger partial charge in [0.25, 0.3) is 0 Å². The molecule has 2 saturated heterocycles. The molecule has 2 aliphatic heterocycles. The quantitative estimate of drug-likeness (QED) is 0.753. The minimum absolute atomic E-state index is 0.833. The van der Waals surface area contributed by atoms with E-state index in [0.717, 1.165) is 23.9 Å². The van der Waals surface area contributed by atoms with E-state index in [9.17, 15) is 0 Å². The van der Waals surface area contributed by atoms with E-state index in [4.69, 9.17) is 0 Å². The molecule has 3 rings (SSSR count). The first-order valence-electron chi connectivity index (χ1n) is 7.82. The van der Waals surface area contributed by atoms with Crippen molar-refractivity contribution < 1.29 is 0 Å². The van der Waals surface area contributed by atoms with E-state index in [1.165, 1.54) is 64.6 Å². The van der Waals surface area contributed by atoms with Crippen molar-refractivity contribution in [3.05, 3.63) is 0 Å². The first-order valence-corrected chi connectivity index (χ1v) is 7.82. The first-order chi connectivity index (χ1) is 8.36. The summed E-state index contributed by atoms with van der Waals surface area (Å²) in [5.74, 6) is 1.90. The molecule has 2 heterocycles. The van der Waals surface area contributed by atoms with Crippen LogP contribution in [0.3, 0.4) is 0 Å². The number of hydrogen-bond acceptors (Lipinski definition) is 2. The lowest BCUT2D eigenvalue weighted by atomic mass is 9.93. The molecule has 0 spiro atoms. The van der Waals surface area contributed by atoms with Gasteiger partial charge in [0.2, 0.25) is 0 Å². The third-order valence-corrected chi connectivity index (χ3v) is 5.52. The van der Waals surface area contributed by atoms with Crippen LogP contribution in [-0.2, 0) is 0 Å². The Morgan fingerprint density at radius 3 is 2.35 bits per heavy atom. The van der Waals surface area contributed by atoms with Crippen LogP contribution in [-0.4, -0.2) is 36.6 Å². The number of rotatable bonds is 1. The molecule has 2 nitrogen and oxygen atoms in total. The second kappa shape index (κ2) is 5.27. The van der Waals surface area contributed by atoms with Gasteiger partial charge in [-0.05, 0) is 44.7 Å². The average Bonchev–Trinajstić information content (AvgIpc) is 2.83. The molecule has 1 aliphatic carbocycles. The van der Waals surface area contributed by atoms with Gasteiger partial charge in [-0.3, -0.25) is 4.90 Å². The average molecular weight is 236 g/mol. The molecule has 3 unspecified atom stereocenters. The molecule has 3 aliphatic rings. The lowest BCUT2D eigenvalue weighted by Gasteiger charge is -2.34. The number of nitrogens with one attached hydrogen (secondary N) is 1. The summed E-state index contributed by atoms with van der Waals surface area (Å²) in [6.45, 7) is 6.41. The zero-order valence-corrected chi connectivity index (χ0v) is 11.3. The molecule has 0 aromatic heterocycles. The molecule has 0 amide bonds. The largest absolute Gasteiger partial charge is 0.316 e. The Labute approximate surface area is 106 Å². The zero-order chi connectivity index (χ0) is 11.7. The predicted octanol–water partition coefficient (Wildman–Crippen LogP) is 2.64. The summed E-state index contributed by atoms with van der Waals surface area (Å²) >= 11 is 0. The Bertz CT molecular complexity index is 245. The van der Waals surface area contributed by atoms with E-state index in [2.05, 4.69) is 17.1 Å². The van der Waals surface area contributed by atoms with E-state index < -0.39 is 0 Å². The number of likely N-dealkylation sites (tertiary alicyclic amines) is 1. The van der Waals surface area contributed by atoms with E-state index >= 15 is 0 Å². The summed E-state index contributed by atoms with van der Waals surface area (Å²) in [6.07, 6.45) is 10.3. The van der Waals surface area contributed by atoms with Gasteiger partial charge in [-0.25, -0.2) is 0 Å². The lowest BCUT2D eigenvalue weighted by molar-refractivity contribution is 0.143. The van der Waals surface area contributed by atoms with Crippen molar-refractivity contribution in [3.8, 4) is 0 Å². The first kappa shape index (κ1) is 12.0. The molecule has 3 atom stereocenters. The van der Waals surface area contributed by atoms with Crippen LogP contribution >= 0.6 is 0 Å². The minimum Gasteiger partial charge on any atom is -0.316 e. The van der Waals surface area contributed by atoms with Crippen LogP contribution in [0.25, 0.3) is 0 Å². The van der Waals surface area contributed by atoms with Gasteiger partial charge in [0.05, 0.1) is 0 Å². The van der Waals surface area contributed by atoms with Crippen LogP contribution in [0, 0.1) is 11.8 Å². The lowest BCUT2D eigenvalue weighted by Crippen LogP contribution is -2.41. The summed E-state index contributed by atoms with van der Waals surface area (Å²) in [5.41, 5.74) is 0. The van der Waals surface area contributed by atoms with Crippen molar-refractivity contribution in [2.75, 3.05) is 19.6 Å². The Kier molecular flexibility index (Phi) is 3.72. The molecule has 0 bridgehead atoms. The second-order valence-corrected chi connectivity index (χ2v) is 6.52. The van der Waals surface area contributed by atoms with Crippen LogP contribution in [0.4, 0.5) is 0 Å². The third-order valence-electron chi connectivity index (χ3n) is 5.52. The minimum atomic E-state index is 0.833. The standard InChI is InChI=1S/C15H28N2/c1-12-15-10-16-9-13(15)11-17(12)14-7-5-3-2-4-6-8-14/h12-16H,2-11H2,1H3. The molecule has 17 heavy (non-hydrogen) atoms. The molecule has 1 N–H and O–H groups in total. The maximum Gasteiger partial charge on any atom is 0.0114 e. The van der Waals surface area contributed by atoms with Crippen molar-refractivity contribution in [1.82, 2.24) is 10.2 Å². The molecule has 0 aromatic rings. The molecule has 0 radical (unpaired) electrons. The number of nitrogens with zero attached hydrogens (tertiary/aromatic N) is 1. The van der Waals surface area contributed by atoms with E-state index in [-0.39, 0.29) is 0 Å². The van der Waals surface area contributed by atoms with Gasteiger partial charge < -0.3 is 5.32 Å². The van der Waals surface area contributed by atoms with E-state index in [1.807, 2.05) is 0 Å². The van der Waals surface area contributed by atoms with Gasteiger partial charge in [-0.15, -0.1) is 0 Å². The topological polar surface area (TPSA) is 15.3 Å². The predicted molar refractivity (Wildman–Crippen MR) is 72.1 cm³/mol. The van der Waals surface area contributed by atoms with Crippen LogP contribution in [0.15, 0.2) is 0 Å². The van der Waals surface area contributed by atoms with Gasteiger partial charge in [0, 0.05) is 18.6 Å². The number of fused-ring (bicyclic) bond motifs is 1. The molecule has 1 saturated carbocycles. The Morgan fingerprint density at radius 1 is 0.941 bits per heavy atom. The van der Waals surface area contributed by atoms with Crippen molar-refractivity contribution >= 4 is 0 Å². The highest BCUT2D eigenvalue weighted by Gasteiger charge is 2.43. The fraction of sp³-hybridized carbons (Fsp3) is 1.00. The Morgan fingerprint density at radius 2 is 1.65 bits per heavy atom. The normalized spacial score (nSPS) is 41.1. The highest BCUT2D eigenvalue weighted by atomic mass is 15.2. The molecule has 2 heteroatoms. The summed E-state index contributed by atoms with van der Waals surface area (Å²) in [5, 5.41) is 3.57. The SMILES string of the molecule is CC1C2CNCC2CN1C1CCCCCCC1. The molecule has 3 fully saturated rings. The summed E-state index contributed by atoms with van der Waals surface area (Å²) < 4.78 is 0. The van der Waals surface area contributed by atoms with E-state index in [1.54, 1.807) is 0 Å². The maximum atomic E-state index is 3.57.